The number of aliphatic carboxylic acids is 1. The van der Waals surface area contributed by atoms with Crippen LogP contribution in [0.15, 0.2) is 18.3 Å². The molecule has 0 radical (unpaired) electrons. The van der Waals surface area contributed by atoms with Gasteiger partial charge in [0.2, 0.25) is 0 Å². The SMILES string of the molecule is Cc1cc(C)c2[nH]cc(CC(N)C(=O)O)c2c1. The summed E-state index contributed by atoms with van der Waals surface area (Å²) in [4.78, 5) is 13.9. The highest BCUT2D eigenvalue weighted by molar-refractivity contribution is 5.87. The Morgan fingerprint density at radius 2 is 2.18 bits per heavy atom. The number of nitrogens with one attached hydrogen (secondary N) is 1. The quantitative estimate of drug-likeness (QED) is 0.754. The van der Waals surface area contributed by atoms with E-state index in [9.17, 15) is 4.79 Å². The minimum Gasteiger partial charge on any atom is -0.480 e. The smallest absolute Gasteiger partial charge is 0.320 e. The lowest BCUT2D eigenvalue weighted by Crippen LogP contribution is -2.32. The number of fused-ring (bicyclic) bond motifs is 1. The van der Waals surface area contributed by atoms with Gasteiger partial charge in [-0.2, -0.15) is 0 Å². The molecule has 0 fully saturated rings. The summed E-state index contributed by atoms with van der Waals surface area (Å²) >= 11 is 0. The number of nitrogens with two attached hydrogens (primary N) is 1. The molecule has 4 N–H and O–H groups in total. The van der Waals surface area contributed by atoms with Crippen LogP contribution in [0.5, 0.6) is 0 Å². The monoisotopic (exact) mass is 232 g/mol. The average molecular weight is 232 g/mol. The summed E-state index contributed by atoms with van der Waals surface area (Å²) in [6.07, 6.45) is 2.19. The zero-order valence-electron chi connectivity index (χ0n) is 9.95. The number of carboxylic acid groups (broad SMARTS) is 1. The predicted molar refractivity (Wildman–Crippen MR) is 67.1 cm³/mol. The van der Waals surface area contributed by atoms with Gasteiger partial charge >= 0.3 is 5.97 Å². The summed E-state index contributed by atoms with van der Waals surface area (Å²) in [7, 11) is 0. The predicted octanol–water partition coefficient (Wildman–Crippen LogP) is 1.74. The molecular weight excluding hydrogens is 216 g/mol. The number of rotatable bonds is 3. The van der Waals surface area contributed by atoms with Crippen LogP contribution in [-0.4, -0.2) is 22.1 Å². The summed E-state index contributed by atoms with van der Waals surface area (Å²) in [5.74, 6) is -0.969. The first-order valence-corrected chi connectivity index (χ1v) is 5.54. The Bertz CT molecular complexity index is 572. The Morgan fingerprint density at radius 1 is 1.47 bits per heavy atom. The third kappa shape index (κ3) is 2.17. The molecule has 1 aromatic heterocycles. The fourth-order valence-electron chi connectivity index (χ4n) is 2.14. The molecule has 0 aliphatic heterocycles. The second-order valence-electron chi connectivity index (χ2n) is 4.47. The Labute approximate surface area is 99.4 Å². The van der Waals surface area contributed by atoms with E-state index in [4.69, 9.17) is 10.8 Å². The fourth-order valence-corrected chi connectivity index (χ4v) is 2.14. The number of aryl methyl sites for hydroxylation is 2. The summed E-state index contributed by atoms with van der Waals surface area (Å²) in [6, 6.07) is 3.30. The molecule has 1 aromatic carbocycles. The molecule has 0 saturated carbocycles. The summed E-state index contributed by atoms with van der Waals surface area (Å²) in [5.41, 5.74) is 9.91. The zero-order valence-corrected chi connectivity index (χ0v) is 9.95. The van der Waals surface area contributed by atoms with E-state index in [2.05, 4.69) is 17.1 Å². The second kappa shape index (κ2) is 4.22. The molecule has 2 aromatic rings. The van der Waals surface area contributed by atoms with Crippen molar-refractivity contribution in [2.45, 2.75) is 26.3 Å². The lowest BCUT2D eigenvalue weighted by atomic mass is 10.0. The molecule has 0 aliphatic rings. The van der Waals surface area contributed by atoms with Crippen molar-refractivity contribution in [2.24, 2.45) is 5.73 Å². The highest BCUT2D eigenvalue weighted by Gasteiger charge is 2.15. The maximum atomic E-state index is 10.8. The van der Waals surface area contributed by atoms with Crippen LogP contribution in [0.1, 0.15) is 16.7 Å². The molecule has 0 saturated heterocycles. The molecule has 0 aliphatic carbocycles. The third-order valence-electron chi connectivity index (χ3n) is 2.97. The highest BCUT2D eigenvalue weighted by Crippen LogP contribution is 2.24. The molecule has 1 unspecified atom stereocenters. The van der Waals surface area contributed by atoms with Gasteiger partial charge in [-0.3, -0.25) is 4.79 Å². The second-order valence-corrected chi connectivity index (χ2v) is 4.47. The van der Waals surface area contributed by atoms with Gasteiger partial charge in [0.15, 0.2) is 0 Å². The molecule has 90 valence electrons. The largest absolute Gasteiger partial charge is 0.480 e. The van der Waals surface area contributed by atoms with Crippen LogP contribution in [0.4, 0.5) is 0 Å². The van der Waals surface area contributed by atoms with Gasteiger partial charge < -0.3 is 15.8 Å². The van der Waals surface area contributed by atoms with Crippen LogP contribution in [-0.2, 0) is 11.2 Å². The molecular formula is C13H16N2O2. The third-order valence-corrected chi connectivity index (χ3v) is 2.97. The van der Waals surface area contributed by atoms with E-state index in [1.807, 2.05) is 20.0 Å². The van der Waals surface area contributed by atoms with Crippen molar-refractivity contribution in [2.75, 3.05) is 0 Å². The number of aromatic amines is 1. The number of H-pyrrole nitrogens is 1. The number of hydrogen-bond acceptors (Lipinski definition) is 2. The van der Waals surface area contributed by atoms with E-state index in [0.717, 1.165) is 22.0 Å². The highest BCUT2D eigenvalue weighted by atomic mass is 16.4. The van der Waals surface area contributed by atoms with E-state index >= 15 is 0 Å². The zero-order chi connectivity index (χ0) is 12.6. The maximum absolute atomic E-state index is 10.8. The molecule has 0 bridgehead atoms. The summed E-state index contributed by atoms with van der Waals surface area (Å²) < 4.78 is 0. The normalized spacial score (nSPS) is 12.9. The minimum atomic E-state index is -0.969. The summed E-state index contributed by atoms with van der Waals surface area (Å²) in [6.45, 7) is 4.06. The number of benzene rings is 1. The van der Waals surface area contributed by atoms with Gasteiger partial charge in [-0.1, -0.05) is 11.6 Å². The van der Waals surface area contributed by atoms with Gasteiger partial charge in [0.1, 0.15) is 6.04 Å². The van der Waals surface area contributed by atoms with Gasteiger partial charge in [-0.05, 0) is 31.0 Å². The number of carbonyl (C=O) groups is 1. The molecule has 1 atom stereocenters. The Hall–Kier alpha value is -1.81. The van der Waals surface area contributed by atoms with Gasteiger partial charge in [-0.25, -0.2) is 0 Å². The van der Waals surface area contributed by atoms with Gasteiger partial charge in [0, 0.05) is 23.5 Å². The molecule has 4 heteroatoms. The Kier molecular flexibility index (Phi) is 2.90. The number of hydrogen-bond donors (Lipinski definition) is 3. The van der Waals surface area contributed by atoms with Crippen molar-refractivity contribution in [1.29, 1.82) is 0 Å². The van der Waals surface area contributed by atoms with Crippen LogP contribution in [0.2, 0.25) is 0 Å². The first-order valence-electron chi connectivity index (χ1n) is 5.54. The molecule has 0 spiro atoms. The van der Waals surface area contributed by atoms with Crippen LogP contribution >= 0.6 is 0 Å². The minimum absolute atomic E-state index is 0.345. The van der Waals surface area contributed by atoms with Gasteiger partial charge in [-0.15, -0.1) is 0 Å². The van der Waals surface area contributed by atoms with Crippen LogP contribution < -0.4 is 5.73 Å². The number of carboxylic acids is 1. The standard InChI is InChI=1S/C13H16N2O2/c1-7-3-8(2)12-10(4-7)9(6-15-12)5-11(14)13(16)17/h3-4,6,11,15H,5,14H2,1-2H3,(H,16,17). The van der Waals surface area contributed by atoms with E-state index in [0.29, 0.717) is 6.42 Å². The Balaban J connectivity index is 2.45. The van der Waals surface area contributed by atoms with Crippen molar-refractivity contribution >= 4 is 16.9 Å². The maximum Gasteiger partial charge on any atom is 0.320 e. The molecule has 4 nitrogen and oxygen atoms in total. The van der Waals surface area contributed by atoms with Crippen molar-refractivity contribution in [3.05, 3.63) is 35.0 Å². The lowest BCUT2D eigenvalue weighted by Gasteiger charge is -2.06. The first kappa shape index (κ1) is 11.7. The van der Waals surface area contributed by atoms with Crippen molar-refractivity contribution in [3.8, 4) is 0 Å². The van der Waals surface area contributed by atoms with Gasteiger partial charge in [0.25, 0.3) is 0 Å². The van der Waals surface area contributed by atoms with Crippen LogP contribution in [0, 0.1) is 13.8 Å². The van der Waals surface area contributed by atoms with Crippen LogP contribution in [0.25, 0.3) is 10.9 Å². The van der Waals surface area contributed by atoms with E-state index in [1.54, 1.807) is 0 Å². The molecule has 17 heavy (non-hydrogen) atoms. The van der Waals surface area contributed by atoms with Crippen molar-refractivity contribution < 1.29 is 9.90 Å². The Morgan fingerprint density at radius 3 is 2.82 bits per heavy atom. The number of aromatic nitrogens is 1. The first-order chi connectivity index (χ1) is 7.99. The fraction of sp³-hybridized carbons (Fsp3) is 0.308. The lowest BCUT2D eigenvalue weighted by molar-refractivity contribution is -0.138. The van der Waals surface area contributed by atoms with Crippen LogP contribution in [0.3, 0.4) is 0 Å². The average Bonchev–Trinajstić information content (AvgIpc) is 2.61. The van der Waals surface area contributed by atoms with Crippen molar-refractivity contribution in [1.82, 2.24) is 4.98 Å². The van der Waals surface area contributed by atoms with E-state index in [1.165, 1.54) is 5.56 Å². The molecule has 2 rings (SSSR count). The molecule has 1 heterocycles. The van der Waals surface area contributed by atoms with Crippen molar-refractivity contribution in [3.63, 3.8) is 0 Å². The van der Waals surface area contributed by atoms with E-state index in [-0.39, 0.29) is 0 Å². The van der Waals surface area contributed by atoms with Gasteiger partial charge in [0.05, 0.1) is 0 Å². The topological polar surface area (TPSA) is 79.1 Å². The van der Waals surface area contributed by atoms with E-state index < -0.39 is 12.0 Å². The molecule has 0 amide bonds. The summed E-state index contributed by atoms with van der Waals surface area (Å²) in [5, 5.41) is 9.90.